The summed E-state index contributed by atoms with van der Waals surface area (Å²) in [4.78, 5) is 2.30. The van der Waals surface area contributed by atoms with Crippen molar-refractivity contribution >= 4 is 40.4 Å². The highest BCUT2D eigenvalue weighted by Gasteiger charge is 2.12. The Labute approximate surface area is 427 Å². The molecule has 0 aromatic heterocycles. The summed E-state index contributed by atoms with van der Waals surface area (Å²) in [6, 6.07) is 70.2. The Bertz CT molecular complexity index is 2000. The zero-order valence-corrected chi connectivity index (χ0v) is 42.5. The molecule has 0 aliphatic rings. The van der Waals surface area contributed by atoms with Crippen LogP contribution < -0.4 is 4.90 Å². The summed E-state index contributed by atoms with van der Waals surface area (Å²) >= 11 is 0. The molecule has 0 radical (unpaired) electrons. The van der Waals surface area contributed by atoms with E-state index in [1.165, 1.54) is 33.4 Å². The lowest BCUT2D eigenvalue weighted by Crippen LogP contribution is -2.09. The van der Waals surface area contributed by atoms with E-state index < -0.39 is 0 Å². The molecule has 374 valence electrons. The normalized spacial score (nSPS) is 8.72. The Morgan fingerprint density at radius 1 is 0.261 bits per heavy atom. The van der Waals surface area contributed by atoms with Crippen LogP contribution in [0, 0.1) is 0 Å². The minimum Gasteiger partial charge on any atom is -0.311 e. The number of hydrogen-bond acceptors (Lipinski definition) is 1. The molecule has 0 fully saturated rings. The number of anilines is 3. The largest absolute Gasteiger partial charge is 0.311 e. The zero-order chi connectivity index (χ0) is 48.5. The van der Waals surface area contributed by atoms with E-state index in [1.807, 2.05) is 96.9 Å². The Balaban J connectivity index is -0.000000698. The number of nitrogens with zero attached hydrogens (tertiary/aromatic N) is 1. The van der Waals surface area contributed by atoms with Gasteiger partial charge in [0, 0.05) is 17.1 Å². The van der Waals surface area contributed by atoms with Crippen LogP contribution in [0.15, 0.2) is 224 Å². The summed E-state index contributed by atoms with van der Waals surface area (Å²) in [6.07, 6.45) is 13.0. The second kappa shape index (κ2) is 47.8. The molecule has 1 nitrogen and oxygen atoms in total. The third-order valence-electron chi connectivity index (χ3n) is 8.76. The lowest BCUT2D eigenvalue weighted by molar-refractivity contribution is 1.28. The van der Waals surface area contributed by atoms with Crippen LogP contribution in [0.5, 0.6) is 0 Å². The molecule has 0 aliphatic carbocycles. The smallest absolute Gasteiger partial charge is 0.0462 e. The number of rotatable bonds is 11. The van der Waals surface area contributed by atoms with Crippen molar-refractivity contribution in [2.75, 3.05) is 4.90 Å². The molecule has 0 saturated heterocycles. The maximum atomic E-state index is 2.30. The minimum atomic E-state index is 0. The van der Waals surface area contributed by atoms with Gasteiger partial charge >= 0.3 is 0 Å². The van der Waals surface area contributed by atoms with Gasteiger partial charge in [0.1, 0.15) is 0 Å². The number of para-hydroxylation sites is 1. The number of benzene rings is 7. The monoisotopic (exact) mass is 928 g/mol. The summed E-state index contributed by atoms with van der Waals surface area (Å²) in [5.74, 6) is 0. The van der Waals surface area contributed by atoms with Gasteiger partial charge in [0.15, 0.2) is 0 Å². The first kappa shape index (κ1) is 71.3. The Hall–Kier alpha value is -6.70. The minimum absolute atomic E-state index is 0. The van der Waals surface area contributed by atoms with Gasteiger partial charge in [-0.1, -0.05) is 327 Å². The molecular weight excluding hydrogens is 831 g/mol. The summed E-state index contributed by atoms with van der Waals surface area (Å²) in [7, 11) is 0. The predicted octanol–water partition coefficient (Wildman–Crippen LogP) is 23.2. The van der Waals surface area contributed by atoms with E-state index in [9.17, 15) is 0 Å². The van der Waals surface area contributed by atoms with Gasteiger partial charge in [-0.2, -0.15) is 0 Å². The quantitative estimate of drug-likeness (QED) is 0.117. The van der Waals surface area contributed by atoms with E-state index in [2.05, 4.69) is 242 Å². The molecule has 0 amide bonds. The lowest BCUT2D eigenvalue weighted by atomic mass is 9.97. The fourth-order valence-corrected chi connectivity index (χ4v) is 6.19. The highest BCUT2D eigenvalue weighted by atomic mass is 15.1. The van der Waals surface area contributed by atoms with Gasteiger partial charge in [-0.05, 0) is 80.9 Å². The van der Waals surface area contributed by atoms with Crippen molar-refractivity contribution in [3.63, 3.8) is 0 Å². The van der Waals surface area contributed by atoms with Crippen molar-refractivity contribution in [1.82, 2.24) is 0 Å². The van der Waals surface area contributed by atoms with Crippen molar-refractivity contribution in [2.24, 2.45) is 0 Å². The van der Waals surface area contributed by atoms with Crippen molar-refractivity contribution in [2.45, 2.75) is 127 Å². The van der Waals surface area contributed by atoms with E-state index in [1.54, 1.807) is 0 Å². The maximum absolute atomic E-state index is 2.30. The van der Waals surface area contributed by atoms with Crippen molar-refractivity contribution in [3.8, 4) is 0 Å². The summed E-state index contributed by atoms with van der Waals surface area (Å²) in [5, 5.41) is 0. The second-order valence-electron chi connectivity index (χ2n) is 12.2. The van der Waals surface area contributed by atoms with Gasteiger partial charge in [-0.15, -0.1) is 0 Å². The molecule has 0 heterocycles. The number of allylic oxidation sites excluding steroid dienone is 4. The molecule has 0 spiro atoms. The molecule has 0 saturated carbocycles. The lowest BCUT2D eigenvalue weighted by Gasteiger charge is -2.25. The van der Waals surface area contributed by atoms with E-state index in [4.69, 9.17) is 0 Å². The first-order valence-electron chi connectivity index (χ1n) is 24.4. The average Bonchev–Trinajstić information content (AvgIpc) is 3.43. The molecule has 0 atom stereocenters. The van der Waals surface area contributed by atoms with Gasteiger partial charge < -0.3 is 4.90 Å². The molecular formula is C68H97N. The van der Waals surface area contributed by atoms with Crippen LogP contribution in [0.2, 0.25) is 0 Å². The Kier molecular flexibility index (Phi) is 49.4. The molecule has 7 aromatic rings. The van der Waals surface area contributed by atoms with Gasteiger partial charge in [-0.3, -0.25) is 0 Å². The average molecular weight is 929 g/mol. The first-order valence-corrected chi connectivity index (χ1v) is 24.4. The Morgan fingerprint density at radius 3 is 0.696 bits per heavy atom. The second-order valence-corrected chi connectivity index (χ2v) is 12.2. The van der Waals surface area contributed by atoms with Gasteiger partial charge in [0.25, 0.3) is 0 Å². The van der Waals surface area contributed by atoms with E-state index in [0.29, 0.717) is 0 Å². The maximum Gasteiger partial charge on any atom is 0.0462 e. The first-order chi connectivity index (χ1) is 32.3. The summed E-state index contributed by atoms with van der Waals surface area (Å²) in [5.41, 5.74) is 12.8. The van der Waals surface area contributed by atoms with E-state index in [0.717, 1.165) is 28.2 Å². The zero-order valence-electron chi connectivity index (χ0n) is 42.5. The molecule has 0 N–H and O–H groups in total. The Morgan fingerprint density at radius 2 is 0.464 bits per heavy atom. The topological polar surface area (TPSA) is 3.24 Å². The van der Waals surface area contributed by atoms with Crippen LogP contribution in [0.4, 0.5) is 17.1 Å². The predicted molar refractivity (Wildman–Crippen MR) is 325 cm³/mol. The third kappa shape index (κ3) is 24.8. The molecule has 0 bridgehead atoms. The summed E-state index contributed by atoms with van der Waals surface area (Å²) < 4.78 is 0. The summed E-state index contributed by atoms with van der Waals surface area (Å²) in [6.45, 7) is 28.0. The van der Waals surface area contributed by atoms with Crippen LogP contribution >= 0.6 is 0 Å². The standard InChI is InChI=1S/C50H39N.7C2H6.4CH4/c1-6-20-42(21-7-1)49(43-22-8-2-9-23-43)30-16-18-40-32-36-47(37-33-40)51(46-28-14-5-15-29-46)48-38-34-41(35-39-48)19-17-31-50(44-24-10-3-11-25-44)45-26-12-4-13-27-45;7*1-2;;;;/h1-39H;7*1-2H3;4*1H4. The SMILES string of the molecule is C.C.C.C.C(=Cc1ccc(N(c2ccccc2)c2ccc(C=CC=C(c3ccccc3)c3ccccc3)cc2)cc1)C=C(c1ccccc1)c1ccccc1.CC.CC.CC.CC.CC.CC.CC. The fourth-order valence-electron chi connectivity index (χ4n) is 6.19. The van der Waals surface area contributed by atoms with Crippen molar-refractivity contribution in [1.29, 1.82) is 0 Å². The highest BCUT2D eigenvalue weighted by molar-refractivity contribution is 5.83. The van der Waals surface area contributed by atoms with Crippen LogP contribution in [-0.4, -0.2) is 0 Å². The fraction of sp³-hybridized carbons (Fsp3) is 0.265. The van der Waals surface area contributed by atoms with Crippen LogP contribution in [0.25, 0.3) is 23.3 Å². The van der Waals surface area contributed by atoms with E-state index in [-0.39, 0.29) is 29.7 Å². The molecule has 7 rings (SSSR count). The molecule has 7 aromatic carbocycles. The third-order valence-corrected chi connectivity index (χ3v) is 8.76. The number of hydrogen-bond donors (Lipinski definition) is 0. The molecule has 0 aliphatic heterocycles. The van der Waals surface area contributed by atoms with Crippen LogP contribution in [-0.2, 0) is 0 Å². The molecule has 0 unspecified atom stereocenters. The van der Waals surface area contributed by atoms with Crippen molar-refractivity contribution in [3.05, 3.63) is 258 Å². The molecule has 1 heteroatoms. The molecule has 69 heavy (non-hydrogen) atoms. The van der Waals surface area contributed by atoms with Crippen molar-refractivity contribution < 1.29 is 0 Å². The van der Waals surface area contributed by atoms with Gasteiger partial charge in [0.2, 0.25) is 0 Å². The van der Waals surface area contributed by atoms with E-state index >= 15 is 0 Å². The van der Waals surface area contributed by atoms with Gasteiger partial charge in [-0.25, -0.2) is 0 Å². The highest BCUT2D eigenvalue weighted by Crippen LogP contribution is 2.35. The van der Waals surface area contributed by atoms with Crippen LogP contribution in [0.1, 0.15) is 160 Å². The van der Waals surface area contributed by atoms with Gasteiger partial charge in [0.05, 0.1) is 0 Å². The van der Waals surface area contributed by atoms with Crippen LogP contribution in [0.3, 0.4) is 0 Å².